The molecule has 0 spiro atoms. The fraction of sp³-hybridized carbons (Fsp3) is 0.429. The van der Waals surface area contributed by atoms with E-state index < -0.39 is 0 Å². The van der Waals surface area contributed by atoms with Crippen molar-refractivity contribution in [1.82, 2.24) is 0 Å². The maximum atomic E-state index is 2.34. The third-order valence-corrected chi connectivity index (χ3v) is 5.87. The predicted molar refractivity (Wildman–Crippen MR) is 88.4 cm³/mol. The molecule has 2 aliphatic rings. The molecule has 0 aliphatic heterocycles. The molecule has 0 radical (unpaired) electrons. The van der Waals surface area contributed by atoms with Crippen molar-refractivity contribution in [3.63, 3.8) is 0 Å². The summed E-state index contributed by atoms with van der Waals surface area (Å²) in [5.41, 5.74) is 3.11. The lowest BCUT2D eigenvalue weighted by molar-refractivity contribution is 0.222. The van der Waals surface area contributed by atoms with Crippen molar-refractivity contribution in [3.05, 3.63) is 71.8 Å². The van der Waals surface area contributed by atoms with E-state index in [-0.39, 0.29) is 0 Å². The first-order chi connectivity index (χ1) is 10.4. The average Bonchev–Trinajstić information content (AvgIpc) is 3.03. The van der Waals surface area contributed by atoms with Crippen LogP contribution in [-0.4, -0.2) is 0 Å². The first-order valence-corrected chi connectivity index (χ1v) is 8.51. The van der Waals surface area contributed by atoms with Crippen LogP contribution in [0.15, 0.2) is 60.7 Å². The summed E-state index contributed by atoms with van der Waals surface area (Å²) in [6.45, 7) is 0. The van der Waals surface area contributed by atoms with Crippen molar-refractivity contribution in [1.29, 1.82) is 0 Å². The second-order valence-corrected chi connectivity index (χ2v) is 6.96. The molecule has 2 fully saturated rings. The van der Waals surface area contributed by atoms with Gasteiger partial charge < -0.3 is 0 Å². The van der Waals surface area contributed by atoms with Gasteiger partial charge in [0.2, 0.25) is 0 Å². The minimum atomic E-state index is 0.716. The zero-order valence-electron chi connectivity index (χ0n) is 12.6. The maximum absolute atomic E-state index is 2.34. The number of rotatable bonds is 2. The first-order valence-electron chi connectivity index (χ1n) is 8.51. The Balaban J connectivity index is 1.70. The smallest absolute Gasteiger partial charge is 0.00902 e. The van der Waals surface area contributed by atoms with Crippen molar-refractivity contribution in [2.24, 2.45) is 11.8 Å². The number of hydrogen-bond donors (Lipinski definition) is 0. The molecule has 0 bridgehead atoms. The molecular weight excluding hydrogens is 252 g/mol. The summed E-state index contributed by atoms with van der Waals surface area (Å²) in [5.74, 6) is 3.39. The second-order valence-electron chi connectivity index (χ2n) is 6.96. The molecule has 0 heterocycles. The number of benzene rings is 2. The van der Waals surface area contributed by atoms with Crippen LogP contribution < -0.4 is 0 Å². The van der Waals surface area contributed by atoms with Crippen molar-refractivity contribution in [3.8, 4) is 0 Å². The van der Waals surface area contributed by atoms with E-state index in [4.69, 9.17) is 0 Å². The molecule has 0 saturated heterocycles. The Morgan fingerprint density at radius 3 is 1.43 bits per heavy atom. The molecule has 0 heteroatoms. The van der Waals surface area contributed by atoms with E-state index in [2.05, 4.69) is 60.7 Å². The quantitative estimate of drug-likeness (QED) is 0.653. The summed E-state index contributed by atoms with van der Waals surface area (Å²) < 4.78 is 0. The lowest BCUT2D eigenvalue weighted by atomic mass is 9.65. The van der Waals surface area contributed by atoms with Gasteiger partial charge in [0.15, 0.2) is 0 Å². The highest BCUT2D eigenvalue weighted by atomic mass is 14.4. The van der Waals surface area contributed by atoms with Gasteiger partial charge in [-0.2, -0.15) is 0 Å². The fourth-order valence-electron chi connectivity index (χ4n) is 4.85. The Bertz CT molecular complexity index is 518. The molecule has 2 saturated carbocycles. The van der Waals surface area contributed by atoms with Gasteiger partial charge in [-0.1, -0.05) is 79.9 Å². The van der Waals surface area contributed by atoms with Crippen molar-refractivity contribution < 1.29 is 0 Å². The van der Waals surface area contributed by atoms with Gasteiger partial charge >= 0.3 is 0 Å². The van der Waals surface area contributed by atoms with E-state index in [1.54, 1.807) is 11.1 Å². The van der Waals surface area contributed by atoms with Gasteiger partial charge in [-0.3, -0.25) is 0 Å². The Kier molecular flexibility index (Phi) is 3.55. The van der Waals surface area contributed by atoms with Crippen molar-refractivity contribution in [2.75, 3.05) is 0 Å². The molecule has 21 heavy (non-hydrogen) atoms. The summed E-state index contributed by atoms with van der Waals surface area (Å²) in [6.07, 6.45) is 7.19. The summed E-state index contributed by atoms with van der Waals surface area (Å²) in [6, 6.07) is 22.5. The monoisotopic (exact) mass is 276 g/mol. The van der Waals surface area contributed by atoms with Crippen LogP contribution in [0.25, 0.3) is 0 Å². The van der Waals surface area contributed by atoms with E-state index >= 15 is 0 Å². The van der Waals surface area contributed by atoms with Crippen molar-refractivity contribution >= 4 is 0 Å². The van der Waals surface area contributed by atoms with Gasteiger partial charge in [0.1, 0.15) is 0 Å². The van der Waals surface area contributed by atoms with Gasteiger partial charge in [0.25, 0.3) is 0 Å². The number of fused-ring (bicyclic) bond motifs is 1. The third kappa shape index (κ3) is 2.52. The van der Waals surface area contributed by atoms with Crippen LogP contribution in [-0.2, 0) is 0 Å². The largest absolute Gasteiger partial charge is 0.0622 e. The number of hydrogen-bond acceptors (Lipinski definition) is 0. The summed E-state index contributed by atoms with van der Waals surface area (Å²) in [7, 11) is 0. The average molecular weight is 276 g/mol. The van der Waals surface area contributed by atoms with Gasteiger partial charge in [-0.25, -0.2) is 0 Å². The molecular formula is C21H24. The topological polar surface area (TPSA) is 0 Å². The maximum Gasteiger partial charge on any atom is -0.00902 e. The summed E-state index contributed by atoms with van der Waals surface area (Å²) in [5, 5.41) is 0. The highest BCUT2D eigenvalue weighted by Crippen LogP contribution is 2.53. The Labute approximate surface area is 128 Å². The van der Waals surface area contributed by atoms with Gasteiger partial charge in [-0.05, 0) is 47.6 Å². The molecule has 0 N–H and O–H groups in total. The van der Waals surface area contributed by atoms with Crippen LogP contribution in [0.2, 0.25) is 0 Å². The fourth-order valence-corrected chi connectivity index (χ4v) is 4.85. The highest BCUT2D eigenvalue weighted by molar-refractivity contribution is 5.30. The van der Waals surface area contributed by atoms with E-state index in [1.165, 1.54) is 32.1 Å². The minimum Gasteiger partial charge on any atom is -0.0622 e. The molecule has 2 aromatic rings. The Hall–Kier alpha value is -1.56. The molecule has 2 aromatic carbocycles. The molecule has 0 aromatic heterocycles. The molecule has 108 valence electrons. The molecule has 4 atom stereocenters. The molecule has 0 nitrogen and oxygen atoms in total. The standard InChI is InChI=1S/C21H24/c1-3-8-16(9-4-1)20-14-18-12-7-13-19(18)15-21(20)17-10-5-2-6-11-17/h1-6,8-11,18-21H,7,12-15H2. The SMILES string of the molecule is c1ccc(C2CC3CCCC3CC2c2ccccc2)cc1. The third-order valence-electron chi connectivity index (χ3n) is 5.87. The van der Waals surface area contributed by atoms with Crippen LogP contribution in [0.1, 0.15) is 55.1 Å². The molecule has 0 amide bonds. The van der Waals surface area contributed by atoms with Gasteiger partial charge in [0.05, 0.1) is 0 Å². The molecule has 4 unspecified atom stereocenters. The van der Waals surface area contributed by atoms with E-state index in [0.29, 0.717) is 11.8 Å². The lowest BCUT2D eigenvalue weighted by Gasteiger charge is -2.39. The predicted octanol–water partition coefficient (Wildman–Crippen LogP) is 5.76. The normalized spacial score (nSPS) is 31.8. The second kappa shape index (κ2) is 5.67. The molecule has 2 aliphatic carbocycles. The van der Waals surface area contributed by atoms with E-state index in [0.717, 1.165) is 11.8 Å². The lowest BCUT2D eigenvalue weighted by Crippen LogP contribution is -2.26. The zero-order valence-corrected chi connectivity index (χ0v) is 12.6. The van der Waals surface area contributed by atoms with Gasteiger partial charge in [0, 0.05) is 0 Å². The summed E-state index contributed by atoms with van der Waals surface area (Å²) in [4.78, 5) is 0. The first kappa shape index (κ1) is 13.1. The zero-order chi connectivity index (χ0) is 14.1. The van der Waals surface area contributed by atoms with Gasteiger partial charge in [-0.15, -0.1) is 0 Å². The van der Waals surface area contributed by atoms with E-state index in [9.17, 15) is 0 Å². The summed E-state index contributed by atoms with van der Waals surface area (Å²) >= 11 is 0. The minimum absolute atomic E-state index is 0.716. The Morgan fingerprint density at radius 1 is 0.571 bits per heavy atom. The van der Waals surface area contributed by atoms with Crippen LogP contribution in [0, 0.1) is 11.8 Å². The van der Waals surface area contributed by atoms with Crippen molar-refractivity contribution in [2.45, 2.75) is 43.9 Å². The van der Waals surface area contributed by atoms with E-state index in [1.807, 2.05) is 0 Å². The highest BCUT2D eigenvalue weighted by Gasteiger charge is 2.40. The van der Waals surface area contributed by atoms with Crippen LogP contribution >= 0.6 is 0 Å². The van der Waals surface area contributed by atoms with Crippen LogP contribution in [0.4, 0.5) is 0 Å². The molecule has 4 rings (SSSR count). The Morgan fingerprint density at radius 2 is 1.00 bits per heavy atom. The van der Waals surface area contributed by atoms with Crippen LogP contribution in [0.3, 0.4) is 0 Å². The van der Waals surface area contributed by atoms with Crippen LogP contribution in [0.5, 0.6) is 0 Å².